The summed E-state index contributed by atoms with van der Waals surface area (Å²) in [6.45, 7) is 3.02. The van der Waals surface area contributed by atoms with Crippen molar-refractivity contribution in [3.05, 3.63) is 83.6 Å². The fourth-order valence-corrected chi connectivity index (χ4v) is 3.67. The lowest BCUT2D eigenvalue weighted by atomic mass is 10.0. The normalized spacial score (nSPS) is 11.9. The van der Waals surface area contributed by atoms with Crippen LogP contribution < -0.4 is 5.32 Å². The first-order valence-corrected chi connectivity index (χ1v) is 10.0. The summed E-state index contributed by atoms with van der Waals surface area (Å²) < 4.78 is 5.28. The van der Waals surface area contributed by atoms with Crippen LogP contribution in [-0.2, 0) is 9.53 Å². The highest BCUT2D eigenvalue weighted by molar-refractivity contribution is 6.11. The average Bonchev–Trinajstić information content (AvgIpc) is 3.12. The first-order chi connectivity index (χ1) is 14.9. The Morgan fingerprint density at radius 3 is 2.48 bits per heavy atom. The molecule has 0 radical (unpaired) electrons. The van der Waals surface area contributed by atoms with E-state index >= 15 is 0 Å². The lowest BCUT2D eigenvalue weighted by molar-refractivity contribution is -0.145. The third kappa shape index (κ3) is 4.19. The Labute approximate surface area is 179 Å². The number of benzene rings is 3. The molecule has 156 valence electrons. The fraction of sp³-hybridized carbons (Fsp3) is 0.160. The molecule has 0 aliphatic heterocycles. The number of aromatic nitrogens is 1. The number of ketones is 1. The van der Waals surface area contributed by atoms with Crippen LogP contribution in [0.15, 0.2) is 66.7 Å². The second kappa shape index (κ2) is 8.44. The number of hydrogen-bond donors (Lipinski definition) is 2. The van der Waals surface area contributed by atoms with Gasteiger partial charge >= 0.3 is 5.97 Å². The highest BCUT2D eigenvalue weighted by Crippen LogP contribution is 2.24. The molecule has 0 aliphatic carbocycles. The molecule has 0 aliphatic rings. The van der Waals surface area contributed by atoms with Crippen LogP contribution in [0.2, 0.25) is 0 Å². The van der Waals surface area contributed by atoms with Crippen molar-refractivity contribution in [1.29, 1.82) is 0 Å². The van der Waals surface area contributed by atoms with E-state index in [1.807, 2.05) is 61.5 Å². The summed E-state index contributed by atoms with van der Waals surface area (Å²) in [5, 5.41) is 5.30. The Balaban J connectivity index is 1.38. The fourth-order valence-electron chi connectivity index (χ4n) is 3.67. The minimum absolute atomic E-state index is 0.288. The van der Waals surface area contributed by atoms with Crippen molar-refractivity contribution < 1.29 is 19.1 Å². The predicted octanol–water partition coefficient (Wildman–Crippen LogP) is 4.17. The van der Waals surface area contributed by atoms with E-state index in [4.69, 9.17) is 4.74 Å². The van der Waals surface area contributed by atoms with Gasteiger partial charge in [-0.05, 0) is 42.8 Å². The van der Waals surface area contributed by atoms with Gasteiger partial charge in [-0.3, -0.25) is 14.4 Å². The number of H-pyrrole nitrogens is 1. The van der Waals surface area contributed by atoms with Crippen LogP contribution in [0.5, 0.6) is 0 Å². The molecular formula is C25H22N2O4. The van der Waals surface area contributed by atoms with E-state index < -0.39 is 12.1 Å². The van der Waals surface area contributed by atoms with Crippen molar-refractivity contribution in [3.8, 4) is 0 Å². The average molecular weight is 414 g/mol. The number of carbonyl (C=O) groups is 3. The molecule has 1 heterocycles. The molecule has 1 atom stereocenters. The van der Waals surface area contributed by atoms with E-state index in [9.17, 15) is 14.4 Å². The predicted molar refractivity (Wildman–Crippen MR) is 119 cm³/mol. The molecule has 2 N–H and O–H groups in total. The highest BCUT2D eigenvalue weighted by Gasteiger charge is 2.24. The van der Waals surface area contributed by atoms with Gasteiger partial charge in [-0.25, -0.2) is 0 Å². The van der Waals surface area contributed by atoms with E-state index in [0.717, 1.165) is 27.4 Å². The Kier molecular flexibility index (Phi) is 5.54. The van der Waals surface area contributed by atoms with Crippen molar-refractivity contribution in [2.45, 2.75) is 20.0 Å². The van der Waals surface area contributed by atoms with Gasteiger partial charge in [0.1, 0.15) is 6.54 Å². The third-order valence-electron chi connectivity index (χ3n) is 5.22. The maximum atomic E-state index is 12.9. The number of ether oxygens (including phenoxy) is 1. The van der Waals surface area contributed by atoms with Crippen molar-refractivity contribution in [1.82, 2.24) is 10.3 Å². The van der Waals surface area contributed by atoms with Crippen molar-refractivity contribution in [2.24, 2.45) is 0 Å². The zero-order chi connectivity index (χ0) is 22.0. The van der Waals surface area contributed by atoms with Gasteiger partial charge in [-0.2, -0.15) is 0 Å². The quantitative estimate of drug-likeness (QED) is 0.366. The molecule has 6 heteroatoms. The maximum Gasteiger partial charge on any atom is 0.326 e. The summed E-state index contributed by atoms with van der Waals surface area (Å²) in [6.07, 6.45) is -0.969. The molecule has 0 saturated carbocycles. The van der Waals surface area contributed by atoms with Gasteiger partial charge in [-0.15, -0.1) is 0 Å². The number of aromatic amines is 1. The minimum Gasteiger partial charge on any atom is -0.453 e. The van der Waals surface area contributed by atoms with Crippen LogP contribution in [0, 0.1) is 6.92 Å². The lowest BCUT2D eigenvalue weighted by Crippen LogP contribution is -2.34. The first-order valence-electron chi connectivity index (χ1n) is 10.0. The molecule has 1 amide bonds. The van der Waals surface area contributed by atoms with Crippen LogP contribution in [0.4, 0.5) is 0 Å². The Hall–Kier alpha value is -3.93. The molecule has 6 nitrogen and oxygen atoms in total. The molecule has 0 spiro atoms. The summed E-state index contributed by atoms with van der Waals surface area (Å²) >= 11 is 0. The largest absolute Gasteiger partial charge is 0.453 e. The molecule has 3 aromatic carbocycles. The van der Waals surface area contributed by atoms with Crippen molar-refractivity contribution >= 4 is 39.3 Å². The summed E-state index contributed by atoms with van der Waals surface area (Å²) in [4.78, 5) is 40.7. The van der Waals surface area contributed by atoms with E-state index in [-0.39, 0.29) is 18.2 Å². The first kappa shape index (κ1) is 20.3. The Morgan fingerprint density at radius 2 is 1.68 bits per heavy atom. The van der Waals surface area contributed by atoms with Gasteiger partial charge in [0.15, 0.2) is 6.10 Å². The van der Waals surface area contributed by atoms with Gasteiger partial charge in [0.2, 0.25) is 5.78 Å². The van der Waals surface area contributed by atoms with Crippen molar-refractivity contribution in [2.75, 3.05) is 6.54 Å². The number of para-hydroxylation sites is 1. The van der Waals surface area contributed by atoms with Crippen molar-refractivity contribution in [3.63, 3.8) is 0 Å². The number of Topliss-reactive ketones (excluding diaryl/α,β-unsaturated/α-hetero) is 1. The Morgan fingerprint density at radius 1 is 0.968 bits per heavy atom. The van der Waals surface area contributed by atoms with Gasteiger partial charge < -0.3 is 15.0 Å². The third-order valence-corrected chi connectivity index (χ3v) is 5.22. The molecule has 31 heavy (non-hydrogen) atoms. The summed E-state index contributed by atoms with van der Waals surface area (Å²) in [5.74, 6) is -1.34. The summed E-state index contributed by atoms with van der Waals surface area (Å²) in [7, 11) is 0. The number of carbonyl (C=O) groups excluding carboxylic acids is 3. The van der Waals surface area contributed by atoms with Crippen LogP contribution in [0.3, 0.4) is 0 Å². The van der Waals surface area contributed by atoms with Crippen LogP contribution in [0.1, 0.15) is 33.3 Å². The summed E-state index contributed by atoms with van der Waals surface area (Å²) in [5.41, 5.74) is 2.53. The SMILES string of the molecule is Cc1[nH]c2ccccc2c1C(=O)[C@H](C)OC(=O)CNC(=O)c1ccc2ccccc2c1. The molecule has 4 rings (SSSR count). The van der Waals surface area contributed by atoms with Crippen LogP contribution in [-0.4, -0.2) is 35.3 Å². The lowest BCUT2D eigenvalue weighted by Gasteiger charge is -2.13. The van der Waals surface area contributed by atoms with E-state index in [0.29, 0.717) is 11.1 Å². The van der Waals surface area contributed by atoms with E-state index in [1.54, 1.807) is 12.1 Å². The number of hydrogen-bond acceptors (Lipinski definition) is 4. The van der Waals surface area contributed by atoms with Crippen LogP contribution >= 0.6 is 0 Å². The zero-order valence-corrected chi connectivity index (χ0v) is 17.3. The topological polar surface area (TPSA) is 88.3 Å². The van der Waals surface area contributed by atoms with Gasteiger partial charge in [0.05, 0.1) is 0 Å². The number of fused-ring (bicyclic) bond motifs is 2. The molecule has 0 bridgehead atoms. The second-order valence-corrected chi connectivity index (χ2v) is 7.41. The zero-order valence-electron chi connectivity index (χ0n) is 17.3. The van der Waals surface area contributed by atoms with E-state index in [1.165, 1.54) is 6.92 Å². The molecule has 1 aromatic heterocycles. The minimum atomic E-state index is -0.969. The monoisotopic (exact) mass is 414 g/mol. The number of nitrogens with one attached hydrogen (secondary N) is 2. The second-order valence-electron chi connectivity index (χ2n) is 7.41. The molecule has 4 aromatic rings. The number of rotatable bonds is 6. The smallest absolute Gasteiger partial charge is 0.326 e. The highest BCUT2D eigenvalue weighted by atomic mass is 16.5. The molecular weight excluding hydrogens is 392 g/mol. The van der Waals surface area contributed by atoms with Crippen LogP contribution in [0.25, 0.3) is 21.7 Å². The standard InChI is InChI=1S/C25H22N2O4/c1-15-23(20-9-5-6-10-21(20)27-15)24(29)16(2)31-22(28)14-26-25(30)19-12-11-17-7-3-4-8-18(17)13-19/h3-13,16,27H,14H2,1-2H3,(H,26,30)/t16-/m0/s1. The molecule has 0 fully saturated rings. The molecule has 0 saturated heterocycles. The van der Waals surface area contributed by atoms with Gasteiger partial charge in [0, 0.05) is 27.7 Å². The van der Waals surface area contributed by atoms with Gasteiger partial charge in [-0.1, -0.05) is 48.5 Å². The van der Waals surface area contributed by atoms with E-state index in [2.05, 4.69) is 10.3 Å². The summed E-state index contributed by atoms with van der Waals surface area (Å²) in [6, 6.07) is 20.5. The number of amides is 1. The Bertz CT molecular complexity index is 1310. The molecule has 0 unspecified atom stereocenters. The number of aryl methyl sites for hydroxylation is 1. The van der Waals surface area contributed by atoms with Gasteiger partial charge in [0.25, 0.3) is 5.91 Å². The maximum absolute atomic E-state index is 12.9. The number of esters is 1.